The van der Waals surface area contributed by atoms with Crippen LogP contribution in [0.15, 0.2) is 0 Å². The molecule has 1 heterocycles. The third-order valence-corrected chi connectivity index (χ3v) is 1.81. The first-order chi connectivity index (χ1) is 5.99. The van der Waals surface area contributed by atoms with Gasteiger partial charge in [-0.2, -0.15) is 0 Å². The van der Waals surface area contributed by atoms with Crippen molar-refractivity contribution < 1.29 is 19.0 Å². The number of rotatable bonds is 2. The van der Waals surface area contributed by atoms with Gasteiger partial charge in [0, 0.05) is 13.3 Å². The van der Waals surface area contributed by atoms with Gasteiger partial charge in [0.05, 0.1) is 12.7 Å². The van der Waals surface area contributed by atoms with E-state index in [4.69, 9.17) is 14.2 Å². The van der Waals surface area contributed by atoms with Crippen molar-refractivity contribution in [3.05, 3.63) is 0 Å². The van der Waals surface area contributed by atoms with Gasteiger partial charge in [-0.3, -0.25) is 4.79 Å². The topological polar surface area (TPSA) is 44.8 Å². The quantitative estimate of drug-likeness (QED) is 0.608. The number of hydrogen-bond donors (Lipinski definition) is 0. The fraction of sp³-hybridized carbons (Fsp3) is 0.889. The molecule has 0 N–H and O–H groups in total. The third-order valence-electron chi connectivity index (χ3n) is 1.81. The standard InChI is InChI=1S/C9H16O4/c1-7(10)11-6-8-4-5-12-9(2,3)13-8/h8H,4-6H2,1-3H3. The first-order valence-corrected chi connectivity index (χ1v) is 4.45. The Balaban J connectivity index is 2.30. The monoisotopic (exact) mass is 188 g/mol. The average Bonchev–Trinajstić information content (AvgIpc) is 1.99. The molecule has 0 amide bonds. The Morgan fingerprint density at radius 1 is 1.62 bits per heavy atom. The van der Waals surface area contributed by atoms with Crippen LogP contribution in [0.5, 0.6) is 0 Å². The molecule has 0 radical (unpaired) electrons. The number of carbonyl (C=O) groups is 1. The smallest absolute Gasteiger partial charge is 0.302 e. The van der Waals surface area contributed by atoms with E-state index in [1.165, 1.54) is 6.92 Å². The van der Waals surface area contributed by atoms with Crippen molar-refractivity contribution in [2.75, 3.05) is 13.2 Å². The molecule has 0 aromatic carbocycles. The Kier molecular flexibility index (Phi) is 3.27. The maximum Gasteiger partial charge on any atom is 0.302 e. The maximum atomic E-state index is 10.5. The third kappa shape index (κ3) is 3.74. The predicted molar refractivity (Wildman–Crippen MR) is 46.2 cm³/mol. The molecule has 1 rings (SSSR count). The summed E-state index contributed by atoms with van der Waals surface area (Å²) in [6.07, 6.45) is 0.740. The van der Waals surface area contributed by atoms with Crippen molar-refractivity contribution in [1.82, 2.24) is 0 Å². The van der Waals surface area contributed by atoms with Gasteiger partial charge in [-0.1, -0.05) is 0 Å². The molecule has 1 aliphatic heterocycles. The Labute approximate surface area is 78.2 Å². The van der Waals surface area contributed by atoms with Gasteiger partial charge in [0.1, 0.15) is 6.61 Å². The fourth-order valence-electron chi connectivity index (χ4n) is 1.26. The summed E-state index contributed by atoms with van der Waals surface area (Å²) in [6.45, 7) is 6.07. The van der Waals surface area contributed by atoms with Gasteiger partial charge >= 0.3 is 5.97 Å². The van der Waals surface area contributed by atoms with Gasteiger partial charge in [-0.05, 0) is 13.8 Å². The van der Waals surface area contributed by atoms with Crippen LogP contribution < -0.4 is 0 Å². The molecular formula is C9H16O4. The summed E-state index contributed by atoms with van der Waals surface area (Å²) < 4.78 is 15.7. The van der Waals surface area contributed by atoms with Crippen LogP contribution >= 0.6 is 0 Å². The molecule has 0 saturated carbocycles. The molecule has 1 aliphatic rings. The zero-order valence-corrected chi connectivity index (χ0v) is 8.33. The SMILES string of the molecule is CC(=O)OCC1CCOC(C)(C)O1. The summed E-state index contributed by atoms with van der Waals surface area (Å²) in [7, 11) is 0. The van der Waals surface area contributed by atoms with Crippen LogP contribution in [0.4, 0.5) is 0 Å². The molecule has 0 aromatic rings. The van der Waals surface area contributed by atoms with Crippen LogP contribution in [0.3, 0.4) is 0 Å². The number of carbonyl (C=O) groups excluding carboxylic acids is 1. The van der Waals surface area contributed by atoms with E-state index in [9.17, 15) is 4.79 Å². The van der Waals surface area contributed by atoms with E-state index in [1.807, 2.05) is 13.8 Å². The molecule has 0 aromatic heterocycles. The summed E-state index contributed by atoms with van der Waals surface area (Å²) in [4.78, 5) is 10.5. The van der Waals surface area contributed by atoms with E-state index in [2.05, 4.69) is 0 Å². The molecule has 4 heteroatoms. The summed E-state index contributed by atoms with van der Waals surface area (Å²) in [5.74, 6) is -0.823. The molecule has 1 saturated heterocycles. The molecule has 0 aliphatic carbocycles. The lowest BCUT2D eigenvalue weighted by Gasteiger charge is -2.35. The van der Waals surface area contributed by atoms with E-state index < -0.39 is 5.79 Å². The van der Waals surface area contributed by atoms with Crippen molar-refractivity contribution >= 4 is 5.97 Å². The number of hydrogen-bond acceptors (Lipinski definition) is 4. The zero-order chi connectivity index (χ0) is 9.90. The average molecular weight is 188 g/mol. The van der Waals surface area contributed by atoms with Crippen LogP contribution in [0, 0.1) is 0 Å². The molecule has 0 spiro atoms. The lowest BCUT2D eigenvalue weighted by atomic mass is 10.2. The summed E-state index contributed by atoms with van der Waals surface area (Å²) in [6, 6.07) is 0. The van der Waals surface area contributed by atoms with Gasteiger partial charge in [-0.15, -0.1) is 0 Å². The fourth-order valence-corrected chi connectivity index (χ4v) is 1.26. The summed E-state index contributed by atoms with van der Waals surface area (Å²) in [5, 5.41) is 0. The number of esters is 1. The van der Waals surface area contributed by atoms with Gasteiger partial charge in [0.15, 0.2) is 5.79 Å². The Bertz CT molecular complexity index is 188. The van der Waals surface area contributed by atoms with E-state index in [1.54, 1.807) is 0 Å². The second kappa shape index (κ2) is 4.07. The maximum absolute atomic E-state index is 10.5. The molecule has 4 nitrogen and oxygen atoms in total. The molecular weight excluding hydrogens is 172 g/mol. The van der Waals surface area contributed by atoms with Crippen molar-refractivity contribution in [2.45, 2.75) is 39.1 Å². The van der Waals surface area contributed by atoms with Crippen molar-refractivity contribution in [2.24, 2.45) is 0 Å². The minimum absolute atomic E-state index is 0.0346. The molecule has 1 unspecified atom stereocenters. The molecule has 0 bridgehead atoms. The predicted octanol–water partition coefficient (Wildman–Crippen LogP) is 1.09. The van der Waals surface area contributed by atoms with Gasteiger partial charge in [0.25, 0.3) is 0 Å². The van der Waals surface area contributed by atoms with Crippen molar-refractivity contribution in [3.63, 3.8) is 0 Å². The highest BCUT2D eigenvalue weighted by Crippen LogP contribution is 2.21. The van der Waals surface area contributed by atoms with Crippen LogP contribution in [-0.2, 0) is 19.0 Å². The molecule has 1 atom stereocenters. The summed E-state index contributed by atoms with van der Waals surface area (Å²) >= 11 is 0. The van der Waals surface area contributed by atoms with Crippen molar-refractivity contribution in [1.29, 1.82) is 0 Å². The summed E-state index contributed by atoms with van der Waals surface area (Å²) in [5.41, 5.74) is 0. The zero-order valence-electron chi connectivity index (χ0n) is 8.33. The largest absolute Gasteiger partial charge is 0.463 e. The van der Waals surface area contributed by atoms with Gasteiger partial charge in [0.2, 0.25) is 0 Å². The minimum atomic E-state index is -0.553. The lowest BCUT2D eigenvalue weighted by molar-refractivity contribution is -0.278. The number of ether oxygens (including phenoxy) is 3. The van der Waals surface area contributed by atoms with E-state index in [0.717, 1.165) is 6.42 Å². The van der Waals surface area contributed by atoms with Gasteiger partial charge < -0.3 is 14.2 Å². The first kappa shape index (κ1) is 10.5. The second-order valence-electron chi connectivity index (χ2n) is 3.58. The highest BCUT2D eigenvalue weighted by atomic mass is 16.7. The second-order valence-corrected chi connectivity index (χ2v) is 3.58. The Hall–Kier alpha value is -0.610. The normalized spacial score (nSPS) is 26.8. The minimum Gasteiger partial charge on any atom is -0.463 e. The highest BCUT2D eigenvalue weighted by molar-refractivity contribution is 5.65. The van der Waals surface area contributed by atoms with Crippen LogP contribution in [0.2, 0.25) is 0 Å². The molecule has 76 valence electrons. The van der Waals surface area contributed by atoms with Crippen LogP contribution in [-0.4, -0.2) is 31.1 Å². The molecule has 13 heavy (non-hydrogen) atoms. The van der Waals surface area contributed by atoms with Gasteiger partial charge in [-0.25, -0.2) is 0 Å². The van der Waals surface area contributed by atoms with Crippen molar-refractivity contribution in [3.8, 4) is 0 Å². The Morgan fingerprint density at radius 2 is 2.31 bits per heavy atom. The van der Waals surface area contributed by atoms with E-state index in [-0.39, 0.29) is 12.1 Å². The first-order valence-electron chi connectivity index (χ1n) is 4.45. The highest BCUT2D eigenvalue weighted by Gasteiger charge is 2.29. The molecule has 1 fully saturated rings. The van der Waals surface area contributed by atoms with Crippen LogP contribution in [0.1, 0.15) is 27.2 Å². The van der Waals surface area contributed by atoms with E-state index in [0.29, 0.717) is 13.2 Å². The van der Waals surface area contributed by atoms with E-state index >= 15 is 0 Å². The Morgan fingerprint density at radius 3 is 2.85 bits per heavy atom. The lowest BCUT2D eigenvalue weighted by Crippen LogP contribution is -2.41. The van der Waals surface area contributed by atoms with Crippen LogP contribution in [0.25, 0.3) is 0 Å².